The number of oxazole rings is 1. The van der Waals surface area contributed by atoms with Gasteiger partial charge in [0, 0.05) is 18.2 Å². The molecule has 2 rings (SSSR count). The minimum atomic E-state index is -0.460. The summed E-state index contributed by atoms with van der Waals surface area (Å²) in [6.07, 6.45) is 4.09. The fourth-order valence-corrected chi connectivity index (χ4v) is 1.48. The van der Waals surface area contributed by atoms with Crippen molar-refractivity contribution in [3.8, 4) is 0 Å². The molecule has 0 bridgehead atoms. The maximum Gasteiger partial charge on any atom is 0.330 e. The Balaban J connectivity index is 1.96. The van der Waals surface area contributed by atoms with Crippen molar-refractivity contribution in [3.63, 3.8) is 0 Å². The molecule has 0 unspecified atom stereocenters. The van der Waals surface area contributed by atoms with Gasteiger partial charge in [0.25, 0.3) is 5.91 Å². The van der Waals surface area contributed by atoms with Gasteiger partial charge >= 0.3 is 5.97 Å². The molecule has 1 N–H and O–H groups in total. The van der Waals surface area contributed by atoms with Crippen molar-refractivity contribution in [2.75, 3.05) is 13.7 Å². The smallest absolute Gasteiger partial charge is 0.330 e. The first-order chi connectivity index (χ1) is 9.20. The van der Waals surface area contributed by atoms with Crippen molar-refractivity contribution in [2.24, 2.45) is 0 Å². The summed E-state index contributed by atoms with van der Waals surface area (Å²) in [5.41, 5.74) is 1.73. The third-order valence-corrected chi connectivity index (χ3v) is 2.43. The average Bonchev–Trinajstić information content (AvgIpc) is 2.90. The van der Waals surface area contributed by atoms with Gasteiger partial charge in [-0.25, -0.2) is 9.78 Å². The highest BCUT2D eigenvalue weighted by atomic mass is 16.5. The third kappa shape index (κ3) is 3.19. The highest BCUT2D eigenvalue weighted by Gasteiger charge is 2.06. The Labute approximate surface area is 109 Å². The fourth-order valence-electron chi connectivity index (χ4n) is 1.48. The number of carbonyl (C=O) groups excluding carboxylic acids is 2. The van der Waals surface area contributed by atoms with E-state index in [1.165, 1.54) is 25.7 Å². The predicted molar refractivity (Wildman–Crippen MR) is 67.5 cm³/mol. The average molecular weight is 260 g/mol. The van der Waals surface area contributed by atoms with Crippen LogP contribution in [0.25, 0.3) is 11.1 Å². The monoisotopic (exact) mass is 260 g/mol. The topological polar surface area (TPSA) is 81.4 Å². The summed E-state index contributed by atoms with van der Waals surface area (Å²) in [6, 6.07) is 4.96. The van der Waals surface area contributed by atoms with E-state index < -0.39 is 5.97 Å². The van der Waals surface area contributed by atoms with E-state index >= 15 is 0 Å². The Morgan fingerprint density at radius 1 is 1.47 bits per heavy atom. The van der Waals surface area contributed by atoms with Crippen LogP contribution in [0, 0.1) is 0 Å². The van der Waals surface area contributed by atoms with Crippen molar-refractivity contribution in [3.05, 3.63) is 42.3 Å². The van der Waals surface area contributed by atoms with Gasteiger partial charge in [-0.3, -0.25) is 4.79 Å². The summed E-state index contributed by atoms with van der Waals surface area (Å²) in [7, 11) is 1.29. The second kappa shape index (κ2) is 5.81. The maximum atomic E-state index is 11.8. The van der Waals surface area contributed by atoms with Crippen LogP contribution in [0.15, 0.2) is 41.2 Å². The van der Waals surface area contributed by atoms with Crippen LogP contribution in [-0.4, -0.2) is 30.5 Å². The van der Waals surface area contributed by atoms with Crippen LogP contribution in [0.3, 0.4) is 0 Å². The van der Waals surface area contributed by atoms with Gasteiger partial charge in [-0.2, -0.15) is 0 Å². The van der Waals surface area contributed by atoms with E-state index in [0.717, 1.165) is 0 Å². The molecule has 0 aliphatic carbocycles. The van der Waals surface area contributed by atoms with Crippen LogP contribution < -0.4 is 5.32 Å². The minimum absolute atomic E-state index is 0.241. The molecule has 6 nitrogen and oxygen atoms in total. The Morgan fingerprint density at radius 2 is 2.32 bits per heavy atom. The standard InChI is InChI=1S/C13H12N2O4/c1-18-12(16)3-2-6-14-13(17)9-4-5-11-10(7-9)15-8-19-11/h2-5,7-8H,6H2,1H3,(H,14,17)/b3-2+. The molecule has 0 aliphatic heterocycles. The number of fused-ring (bicyclic) bond motifs is 1. The van der Waals surface area contributed by atoms with Gasteiger partial charge in [0.2, 0.25) is 0 Å². The number of methoxy groups -OCH3 is 1. The molecule has 0 radical (unpaired) electrons. The number of hydrogen-bond acceptors (Lipinski definition) is 5. The summed E-state index contributed by atoms with van der Waals surface area (Å²) >= 11 is 0. The number of nitrogens with zero attached hydrogens (tertiary/aromatic N) is 1. The molecule has 2 aromatic rings. The van der Waals surface area contributed by atoms with Crippen LogP contribution in [-0.2, 0) is 9.53 Å². The summed E-state index contributed by atoms with van der Waals surface area (Å²) in [5.74, 6) is -0.710. The third-order valence-electron chi connectivity index (χ3n) is 2.43. The van der Waals surface area contributed by atoms with Gasteiger partial charge in [-0.1, -0.05) is 6.08 Å². The first kappa shape index (κ1) is 12.8. The van der Waals surface area contributed by atoms with Crippen LogP contribution in [0.1, 0.15) is 10.4 Å². The van der Waals surface area contributed by atoms with E-state index in [9.17, 15) is 9.59 Å². The Morgan fingerprint density at radius 3 is 3.11 bits per heavy atom. The van der Waals surface area contributed by atoms with Gasteiger partial charge < -0.3 is 14.5 Å². The normalized spacial score (nSPS) is 10.8. The molecule has 0 spiro atoms. The van der Waals surface area contributed by atoms with Crippen LogP contribution in [0.4, 0.5) is 0 Å². The lowest BCUT2D eigenvalue weighted by atomic mass is 10.2. The fraction of sp³-hybridized carbons (Fsp3) is 0.154. The SMILES string of the molecule is COC(=O)/C=C/CNC(=O)c1ccc2ocnc2c1. The minimum Gasteiger partial charge on any atom is -0.466 e. The molecule has 1 amide bonds. The molecule has 1 aromatic carbocycles. The van der Waals surface area contributed by atoms with Gasteiger partial charge in [0.1, 0.15) is 5.52 Å². The number of aromatic nitrogens is 1. The van der Waals surface area contributed by atoms with E-state index in [1.807, 2.05) is 0 Å². The number of amides is 1. The molecule has 1 aromatic heterocycles. The van der Waals surface area contributed by atoms with Crippen molar-refractivity contribution in [1.29, 1.82) is 0 Å². The van der Waals surface area contributed by atoms with E-state index in [2.05, 4.69) is 15.0 Å². The molecule has 0 atom stereocenters. The Kier molecular flexibility index (Phi) is 3.92. The molecule has 19 heavy (non-hydrogen) atoms. The van der Waals surface area contributed by atoms with Gasteiger partial charge in [0.05, 0.1) is 7.11 Å². The second-order valence-electron chi connectivity index (χ2n) is 3.67. The number of ether oxygens (including phenoxy) is 1. The second-order valence-corrected chi connectivity index (χ2v) is 3.67. The molecule has 0 fully saturated rings. The number of esters is 1. The maximum absolute atomic E-state index is 11.8. The lowest BCUT2D eigenvalue weighted by Gasteiger charge is -2.01. The number of hydrogen-bond donors (Lipinski definition) is 1. The number of carbonyl (C=O) groups is 2. The highest BCUT2D eigenvalue weighted by Crippen LogP contribution is 2.13. The molecule has 6 heteroatoms. The first-order valence-electron chi connectivity index (χ1n) is 5.56. The van der Waals surface area contributed by atoms with Gasteiger partial charge in [0.15, 0.2) is 12.0 Å². The van der Waals surface area contributed by atoms with Crippen molar-refractivity contribution < 1.29 is 18.7 Å². The van der Waals surface area contributed by atoms with Gasteiger partial charge in [-0.15, -0.1) is 0 Å². The first-order valence-corrected chi connectivity index (χ1v) is 5.56. The van der Waals surface area contributed by atoms with Crippen LogP contribution in [0.2, 0.25) is 0 Å². The van der Waals surface area contributed by atoms with E-state index in [4.69, 9.17) is 4.42 Å². The summed E-state index contributed by atoms with van der Waals surface area (Å²) in [5, 5.41) is 2.64. The highest BCUT2D eigenvalue weighted by molar-refractivity contribution is 5.97. The molecule has 1 heterocycles. The zero-order chi connectivity index (χ0) is 13.7. The van der Waals surface area contributed by atoms with E-state index in [1.54, 1.807) is 18.2 Å². The van der Waals surface area contributed by atoms with Crippen molar-refractivity contribution in [2.45, 2.75) is 0 Å². The lowest BCUT2D eigenvalue weighted by Crippen LogP contribution is -2.23. The summed E-state index contributed by atoms with van der Waals surface area (Å²) in [4.78, 5) is 26.6. The van der Waals surface area contributed by atoms with Crippen molar-refractivity contribution in [1.82, 2.24) is 10.3 Å². The summed E-state index contributed by atoms with van der Waals surface area (Å²) < 4.78 is 9.51. The predicted octanol–water partition coefficient (Wildman–Crippen LogP) is 1.29. The quantitative estimate of drug-likeness (QED) is 0.661. The zero-order valence-corrected chi connectivity index (χ0v) is 10.3. The molecule has 0 saturated heterocycles. The van der Waals surface area contributed by atoms with E-state index in [0.29, 0.717) is 16.7 Å². The number of rotatable bonds is 4. The largest absolute Gasteiger partial charge is 0.466 e. The molecular formula is C13H12N2O4. The zero-order valence-electron chi connectivity index (χ0n) is 10.3. The number of benzene rings is 1. The van der Waals surface area contributed by atoms with E-state index in [-0.39, 0.29) is 12.5 Å². The Hall–Kier alpha value is -2.63. The van der Waals surface area contributed by atoms with Gasteiger partial charge in [-0.05, 0) is 18.2 Å². The van der Waals surface area contributed by atoms with Crippen LogP contribution in [0.5, 0.6) is 0 Å². The molecule has 0 aliphatic rings. The lowest BCUT2D eigenvalue weighted by molar-refractivity contribution is -0.134. The Bertz CT molecular complexity index is 630. The molecule has 0 saturated carbocycles. The molecular weight excluding hydrogens is 248 g/mol. The number of nitrogens with one attached hydrogen (secondary N) is 1. The van der Waals surface area contributed by atoms with Crippen LogP contribution >= 0.6 is 0 Å². The van der Waals surface area contributed by atoms with Crippen molar-refractivity contribution >= 4 is 23.0 Å². The summed E-state index contributed by atoms with van der Waals surface area (Å²) in [6.45, 7) is 0.241. The molecule has 98 valence electrons.